The number of likely N-dealkylation sites (N-methyl/N-ethyl adjacent to an activating group) is 1. The van der Waals surface area contributed by atoms with Crippen LogP contribution in [0.3, 0.4) is 0 Å². The summed E-state index contributed by atoms with van der Waals surface area (Å²) in [5, 5.41) is 0. The Balaban J connectivity index is 2.08. The Morgan fingerprint density at radius 2 is 1.94 bits per heavy atom. The van der Waals surface area contributed by atoms with Crippen molar-refractivity contribution in [2.75, 3.05) is 13.6 Å². The monoisotopic (exact) mass is 250 g/mol. The fraction of sp³-hybridized carbons (Fsp3) is 0.600. The molecule has 1 aromatic rings. The fourth-order valence-corrected chi connectivity index (χ4v) is 2.60. The van der Waals surface area contributed by atoms with Crippen molar-refractivity contribution in [2.24, 2.45) is 5.73 Å². The lowest BCUT2D eigenvalue weighted by atomic mass is 9.84. The number of halogens is 1. The minimum absolute atomic E-state index is 0.0388. The average Bonchev–Trinajstić information content (AvgIpc) is 2.30. The summed E-state index contributed by atoms with van der Waals surface area (Å²) in [5.41, 5.74) is 7.10. The maximum absolute atomic E-state index is 12.9. The molecule has 3 heteroatoms. The molecule has 18 heavy (non-hydrogen) atoms. The predicted octanol–water partition coefficient (Wildman–Crippen LogP) is 2.57. The van der Waals surface area contributed by atoms with Gasteiger partial charge in [-0.25, -0.2) is 4.39 Å². The van der Waals surface area contributed by atoms with Gasteiger partial charge < -0.3 is 5.73 Å². The van der Waals surface area contributed by atoms with Crippen molar-refractivity contribution in [3.05, 3.63) is 35.6 Å². The molecule has 0 spiro atoms. The van der Waals surface area contributed by atoms with Crippen molar-refractivity contribution in [2.45, 2.75) is 44.2 Å². The molecule has 0 aromatic heterocycles. The number of hydrogen-bond acceptors (Lipinski definition) is 2. The molecule has 1 aromatic carbocycles. The second kappa shape index (κ2) is 5.37. The first-order chi connectivity index (χ1) is 8.55. The molecule has 0 saturated heterocycles. The molecule has 0 aliphatic heterocycles. The Bertz CT molecular complexity index is 386. The molecule has 100 valence electrons. The van der Waals surface area contributed by atoms with E-state index in [1.54, 1.807) is 0 Å². The largest absolute Gasteiger partial charge is 0.329 e. The predicted molar refractivity (Wildman–Crippen MR) is 73.0 cm³/mol. The van der Waals surface area contributed by atoms with Crippen LogP contribution in [0, 0.1) is 5.82 Å². The van der Waals surface area contributed by atoms with E-state index >= 15 is 0 Å². The second-order valence-electron chi connectivity index (χ2n) is 5.70. The van der Waals surface area contributed by atoms with Crippen molar-refractivity contribution < 1.29 is 4.39 Å². The molecule has 1 aliphatic rings. The average molecular weight is 250 g/mol. The summed E-state index contributed by atoms with van der Waals surface area (Å²) in [5.74, 6) is -0.180. The standard InChI is InChI=1S/C15H23FN2/c1-15(11-17,18(2)14-4-3-5-14)10-12-6-8-13(16)9-7-12/h6-9,14H,3-5,10-11,17H2,1-2H3. The minimum Gasteiger partial charge on any atom is -0.329 e. The van der Waals surface area contributed by atoms with Crippen LogP contribution >= 0.6 is 0 Å². The second-order valence-corrected chi connectivity index (χ2v) is 5.70. The van der Waals surface area contributed by atoms with E-state index < -0.39 is 0 Å². The van der Waals surface area contributed by atoms with Crippen molar-refractivity contribution >= 4 is 0 Å². The third-order valence-electron chi connectivity index (χ3n) is 4.41. The van der Waals surface area contributed by atoms with E-state index in [9.17, 15) is 4.39 Å². The van der Waals surface area contributed by atoms with E-state index in [1.807, 2.05) is 12.1 Å². The molecular weight excluding hydrogens is 227 g/mol. The Hall–Kier alpha value is -0.930. The summed E-state index contributed by atoms with van der Waals surface area (Å²) in [4.78, 5) is 2.42. The molecule has 2 nitrogen and oxygen atoms in total. The highest BCUT2D eigenvalue weighted by Gasteiger charge is 2.35. The molecule has 1 fully saturated rings. The van der Waals surface area contributed by atoms with Crippen molar-refractivity contribution in [3.8, 4) is 0 Å². The molecule has 1 aliphatic carbocycles. The van der Waals surface area contributed by atoms with Crippen LogP contribution in [0.15, 0.2) is 24.3 Å². The van der Waals surface area contributed by atoms with Gasteiger partial charge in [0.05, 0.1) is 0 Å². The van der Waals surface area contributed by atoms with Gasteiger partial charge in [0.1, 0.15) is 5.82 Å². The summed E-state index contributed by atoms with van der Waals surface area (Å²) >= 11 is 0. The first kappa shape index (κ1) is 13.5. The zero-order valence-electron chi connectivity index (χ0n) is 11.3. The van der Waals surface area contributed by atoms with Crippen LogP contribution in [0.25, 0.3) is 0 Å². The van der Waals surface area contributed by atoms with Gasteiger partial charge in [0.2, 0.25) is 0 Å². The van der Waals surface area contributed by atoms with Gasteiger partial charge in [-0.15, -0.1) is 0 Å². The fourth-order valence-electron chi connectivity index (χ4n) is 2.60. The molecule has 2 rings (SSSR count). The van der Waals surface area contributed by atoms with Crippen LogP contribution in [-0.2, 0) is 6.42 Å². The highest BCUT2D eigenvalue weighted by molar-refractivity contribution is 5.19. The Morgan fingerprint density at radius 1 is 1.33 bits per heavy atom. The van der Waals surface area contributed by atoms with Crippen LogP contribution in [0.2, 0.25) is 0 Å². The molecule has 1 saturated carbocycles. The summed E-state index contributed by atoms with van der Waals surface area (Å²) < 4.78 is 12.9. The summed E-state index contributed by atoms with van der Waals surface area (Å²) in [6.45, 7) is 2.83. The Kier molecular flexibility index (Phi) is 4.03. The number of nitrogens with two attached hydrogens (primary N) is 1. The molecule has 0 radical (unpaired) electrons. The number of hydrogen-bond donors (Lipinski definition) is 1. The third-order valence-corrected chi connectivity index (χ3v) is 4.41. The third kappa shape index (κ3) is 2.73. The zero-order chi connectivity index (χ0) is 13.2. The van der Waals surface area contributed by atoms with Gasteiger partial charge in [-0.05, 0) is 50.9 Å². The number of benzene rings is 1. The summed E-state index contributed by atoms with van der Waals surface area (Å²) in [6.07, 6.45) is 4.74. The lowest BCUT2D eigenvalue weighted by Crippen LogP contribution is -2.57. The smallest absolute Gasteiger partial charge is 0.123 e. The van der Waals surface area contributed by atoms with Gasteiger partial charge in [-0.1, -0.05) is 18.6 Å². The van der Waals surface area contributed by atoms with Crippen LogP contribution in [0.5, 0.6) is 0 Å². The Labute approximate surface area is 109 Å². The maximum Gasteiger partial charge on any atom is 0.123 e. The maximum atomic E-state index is 12.9. The van der Waals surface area contributed by atoms with Crippen LogP contribution in [0.1, 0.15) is 31.7 Å². The van der Waals surface area contributed by atoms with E-state index in [-0.39, 0.29) is 11.4 Å². The molecule has 0 amide bonds. The van der Waals surface area contributed by atoms with Gasteiger partial charge in [0, 0.05) is 18.1 Å². The van der Waals surface area contributed by atoms with Gasteiger partial charge in [0.25, 0.3) is 0 Å². The van der Waals surface area contributed by atoms with Crippen LogP contribution in [-0.4, -0.2) is 30.1 Å². The van der Waals surface area contributed by atoms with Gasteiger partial charge >= 0.3 is 0 Å². The summed E-state index contributed by atoms with van der Waals surface area (Å²) in [6, 6.07) is 7.43. The first-order valence-electron chi connectivity index (χ1n) is 6.72. The highest BCUT2D eigenvalue weighted by Crippen LogP contribution is 2.30. The SMILES string of the molecule is CN(C1CCC1)C(C)(CN)Cc1ccc(F)cc1. The van der Waals surface area contributed by atoms with Gasteiger partial charge in [0.15, 0.2) is 0 Å². The first-order valence-corrected chi connectivity index (χ1v) is 6.72. The van der Waals surface area contributed by atoms with Crippen molar-refractivity contribution in [1.82, 2.24) is 4.90 Å². The molecule has 1 atom stereocenters. The minimum atomic E-state index is -0.180. The lowest BCUT2D eigenvalue weighted by molar-refractivity contribution is 0.0500. The topological polar surface area (TPSA) is 29.3 Å². The highest BCUT2D eigenvalue weighted by atomic mass is 19.1. The van der Waals surface area contributed by atoms with Gasteiger partial charge in [-0.2, -0.15) is 0 Å². The van der Waals surface area contributed by atoms with E-state index in [0.717, 1.165) is 12.0 Å². The zero-order valence-corrected chi connectivity index (χ0v) is 11.3. The van der Waals surface area contributed by atoms with Crippen LogP contribution < -0.4 is 5.73 Å². The molecule has 2 N–H and O–H groups in total. The molecule has 0 bridgehead atoms. The van der Waals surface area contributed by atoms with Crippen molar-refractivity contribution in [3.63, 3.8) is 0 Å². The van der Waals surface area contributed by atoms with E-state index in [0.29, 0.717) is 12.6 Å². The summed E-state index contributed by atoms with van der Waals surface area (Å²) in [7, 11) is 2.17. The van der Waals surface area contributed by atoms with E-state index in [4.69, 9.17) is 5.73 Å². The van der Waals surface area contributed by atoms with E-state index in [2.05, 4.69) is 18.9 Å². The Morgan fingerprint density at radius 3 is 2.39 bits per heavy atom. The van der Waals surface area contributed by atoms with E-state index in [1.165, 1.54) is 31.4 Å². The van der Waals surface area contributed by atoms with Crippen LogP contribution in [0.4, 0.5) is 4.39 Å². The molecular formula is C15H23FN2. The number of rotatable bonds is 5. The lowest BCUT2D eigenvalue weighted by Gasteiger charge is -2.46. The van der Waals surface area contributed by atoms with Gasteiger partial charge in [-0.3, -0.25) is 4.90 Å². The normalized spacial score (nSPS) is 19.6. The molecule has 1 unspecified atom stereocenters. The molecule has 0 heterocycles. The number of nitrogens with zero attached hydrogens (tertiary/aromatic N) is 1. The van der Waals surface area contributed by atoms with Crippen molar-refractivity contribution in [1.29, 1.82) is 0 Å². The quantitative estimate of drug-likeness (QED) is 0.870.